The van der Waals surface area contributed by atoms with Gasteiger partial charge < -0.3 is 14.6 Å². The number of likely N-dealkylation sites (tertiary alicyclic amines) is 1. The van der Waals surface area contributed by atoms with Crippen molar-refractivity contribution in [2.45, 2.75) is 6.10 Å². The summed E-state index contributed by atoms with van der Waals surface area (Å²) in [5, 5.41) is 10.1. The van der Waals surface area contributed by atoms with Gasteiger partial charge in [0, 0.05) is 46.3 Å². The molecule has 0 aliphatic carbocycles. The maximum Gasteiger partial charge on any atom is 0.263 e. The standard InChI is InChI=1S/C14H21N3O5S/c1-15(2)23(21,22)9-10-7-17(8-12(10)18)14(20)11-5-4-6-16(3)13(11)19/h4-6,10,12,18H,7-9H2,1-3H3/t10-,12+/m0/s1. The molecule has 0 spiro atoms. The second-order valence-corrected chi connectivity index (χ2v) is 8.16. The average Bonchev–Trinajstić information content (AvgIpc) is 2.81. The van der Waals surface area contributed by atoms with E-state index in [0.717, 1.165) is 4.31 Å². The monoisotopic (exact) mass is 343 g/mol. The molecule has 9 heteroatoms. The molecule has 1 fully saturated rings. The second kappa shape index (κ2) is 6.42. The number of hydrogen-bond donors (Lipinski definition) is 1. The molecule has 2 atom stereocenters. The van der Waals surface area contributed by atoms with Crippen LogP contribution in [0.4, 0.5) is 0 Å². The highest BCUT2D eigenvalue weighted by Crippen LogP contribution is 2.21. The molecule has 1 amide bonds. The van der Waals surface area contributed by atoms with Crippen LogP contribution in [0.15, 0.2) is 23.1 Å². The summed E-state index contributed by atoms with van der Waals surface area (Å²) in [4.78, 5) is 25.8. The lowest BCUT2D eigenvalue weighted by Crippen LogP contribution is -2.35. The predicted octanol–water partition coefficient (Wildman–Crippen LogP) is -1.29. The van der Waals surface area contributed by atoms with E-state index >= 15 is 0 Å². The first-order valence-corrected chi connectivity index (χ1v) is 8.77. The van der Waals surface area contributed by atoms with Gasteiger partial charge in [-0.25, -0.2) is 12.7 Å². The molecule has 1 N–H and O–H groups in total. The third kappa shape index (κ3) is 3.62. The van der Waals surface area contributed by atoms with Gasteiger partial charge in [-0.05, 0) is 12.1 Å². The van der Waals surface area contributed by atoms with Gasteiger partial charge in [0.1, 0.15) is 5.56 Å². The number of nitrogens with zero attached hydrogens (tertiary/aromatic N) is 3. The molecule has 0 bridgehead atoms. The van der Waals surface area contributed by atoms with Crippen LogP contribution in [0.5, 0.6) is 0 Å². The fraction of sp³-hybridized carbons (Fsp3) is 0.571. The van der Waals surface area contributed by atoms with E-state index in [2.05, 4.69) is 0 Å². The molecule has 1 aliphatic heterocycles. The minimum Gasteiger partial charge on any atom is -0.391 e. The third-order valence-electron chi connectivity index (χ3n) is 4.03. The van der Waals surface area contributed by atoms with Gasteiger partial charge in [-0.2, -0.15) is 0 Å². The molecule has 1 aromatic heterocycles. The summed E-state index contributed by atoms with van der Waals surface area (Å²) >= 11 is 0. The van der Waals surface area contributed by atoms with Crippen LogP contribution in [-0.2, 0) is 17.1 Å². The molecule has 0 unspecified atom stereocenters. The highest BCUT2D eigenvalue weighted by atomic mass is 32.2. The first-order chi connectivity index (χ1) is 10.6. The molecule has 0 radical (unpaired) electrons. The molecule has 1 aromatic rings. The summed E-state index contributed by atoms with van der Waals surface area (Å²) in [6.07, 6.45) is 0.617. The van der Waals surface area contributed by atoms with E-state index in [-0.39, 0.29) is 24.4 Å². The molecule has 8 nitrogen and oxygen atoms in total. The number of aliphatic hydroxyl groups is 1. The van der Waals surface area contributed by atoms with Gasteiger partial charge >= 0.3 is 0 Å². The van der Waals surface area contributed by atoms with Crippen LogP contribution in [0.3, 0.4) is 0 Å². The number of aromatic nitrogens is 1. The van der Waals surface area contributed by atoms with Crippen LogP contribution in [0.25, 0.3) is 0 Å². The van der Waals surface area contributed by atoms with Gasteiger partial charge in [0.15, 0.2) is 0 Å². The molecule has 1 aliphatic rings. The Morgan fingerprint density at radius 3 is 2.65 bits per heavy atom. The van der Waals surface area contributed by atoms with Crippen molar-refractivity contribution in [2.24, 2.45) is 13.0 Å². The van der Waals surface area contributed by atoms with E-state index in [9.17, 15) is 23.1 Å². The Morgan fingerprint density at radius 1 is 1.39 bits per heavy atom. The minimum absolute atomic E-state index is 0.0123. The molecule has 2 heterocycles. The smallest absolute Gasteiger partial charge is 0.263 e. The van der Waals surface area contributed by atoms with Crippen molar-refractivity contribution in [3.8, 4) is 0 Å². The lowest BCUT2D eigenvalue weighted by atomic mass is 10.1. The largest absolute Gasteiger partial charge is 0.391 e. The van der Waals surface area contributed by atoms with Crippen molar-refractivity contribution in [3.05, 3.63) is 34.2 Å². The number of pyridine rings is 1. The molecule has 23 heavy (non-hydrogen) atoms. The maximum absolute atomic E-state index is 12.5. The number of hydrogen-bond acceptors (Lipinski definition) is 5. The molecule has 2 rings (SSSR count). The Hall–Kier alpha value is -1.71. The van der Waals surface area contributed by atoms with Crippen LogP contribution >= 0.6 is 0 Å². The Labute approximate surface area is 135 Å². The minimum atomic E-state index is -3.47. The summed E-state index contributed by atoms with van der Waals surface area (Å²) in [5.74, 6) is -1.30. The van der Waals surface area contributed by atoms with Crippen molar-refractivity contribution in [3.63, 3.8) is 0 Å². The summed E-state index contributed by atoms with van der Waals surface area (Å²) in [6.45, 7) is 0.121. The molecule has 1 saturated heterocycles. The van der Waals surface area contributed by atoms with Crippen LogP contribution in [-0.4, -0.2) is 72.2 Å². The van der Waals surface area contributed by atoms with E-state index in [0.29, 0.717) is 0 Å². The average molecular weight is 343 g/mol. The normalized spacial score (nSPS) is 21.9. The Balaban J connectivity index is 2.16. The number of β-amino-alcohol motifs (C(OH)–C–C–N with tert-alkyl or cyclic N) is 1. The number of amides is 1. The van der Waals surface area contributed by atoms with Crippen molar-refractivity contribution in [1.29, 1.82) is 0 Å². The van der Waals surface area contributed by atoms with Gasteiger partial charge in [0.2, 0.25) is 10.0 Å². The fourth-order valence-corrected chi connectivity index (χ4v) is 3.70. The van der Waals surface area contributed by atoms with Crippen LogP contribution in [0.1, 0.15) is 10.4 Å². The van der Waals surface area contributed by atoms with Crippen molar-refractivity contribution in [1.82, 2.24) is 13.8 Å². The topological polar surface area (TPSA) is 99.9 Å². The summed E-state index contributed by atoms with van der Waals surface area (Å²) < 4.78 is 26.3. The van der Waals surface area contributed by atoms with Crippen LogP contribution in [0.2, 0.25) is 0 Å². The van der Waals surface area contributed by atoms with Crippen LogP contribution < -0.4 is 5.56 Å². The van der Waals surface area contributed by atoms with Crippen molar-refractivity contribution in [2.75, 3.05) is 32.9 Å². The van der Waals surface area contributed by atoms with E-state index in [1.807, 2.05) is 0 Å². The first-order valence-electron chi connectivity index (χ1n) is 7.16. The number of carbonyl (C=O) groups is 1. The lowest BCUT2D eigenvalue weighted by Gasteiger charge is -2.18. The van der Waals surface area contributed by atoms with Gasteiger partial charge in [0.25, 0.3) is 11.5 Å². The molecule has 0 aromatic carbocycles. The number of carbonyl (C=O) groups excluding carboxylic acids is 1. The molecule has 0 saturated carbocycles. The summed E-state index contributed by atoms with van der Waals surface area (Å²) in [6, 6.07) is 3.02. The number of aliphatic hydroxyl groups excluding tert-OH is 1. The molecular formula is C14H21N3O5S. The quantitative estimate of drug-likeness (QED) is 0.733. The zero-order valence-electron chi connectivity index (χ0n) is 13.3. The molecule has 128 valence electrons. The maximum atomic E-state index is 12.5. The zero-order chi connectivity index (χ0) is 17.4. The van der Waals surface area contributed by atoms with Crippen molar-refractivity contribution < 1.29 is 18.3 Å². The highest BCUT2D eigenvalue weighted by Gasteiger charge is 2.38. The van der Waals surface area contributed by atoms with Gasteiger partial charge in [-0.1, -0.05) is 0 Å². The summed E-state index contributed by atoms with van der Waals surface area (Å²) in [7, 11) is 0.920. The third-order valence-corrected chi connectivity index (χ3v) is 5.99. The van der Waals surface area contributed by atoms with E-state index in [1.54, 1.807) is 19.3 Å². The van der Waals surface area contributed by atoms with Crippen LogP contribution in [0, 0.1) is 5.92 Å². The zero-order valence-corrected chi connectivity index (χ0v) is 14.2. The fourth-order valence-electron chi connectivity index (χ4n) is 2.53. The van der Waals surface area contributed by atoms with Gasteiger partial charge in [0.05, 0.1) is 11.9 Å². The predicted molar refractivity (Wildman–Crippen MR) is 84.6 cm³/mol. The Kier molecular flexibility index (Phi) is 4.92. The number of sulfonamides is 1. The molecular weight excluding hydrogens is 322 g/mol. The van der Waals surface area contributed by atoms with Gasteiger partial charge in [-0.15, -0.1) is 0 Å². The Bertz CT molecular complexity index is 756. The van der Waals surface area contributed by atoms with Crippen molar-refractivity contribution >= 4 is 15.9 Å². The van der Waals surface area contributed by atoms with E-state index in [4.69, 9.17) is 0 Å². The highest BCUT2D eigenvalue weighted by molar-refractivity contribution is 7.89. The first kappa shape index (κ1) is 17.6. The van der Waals surface area contributed by atoms with E-state index < -0.39 is 33.5 Å². The SMILES string of the molecule is CN(C)S(=O)(=O)C[C@@H]1CN(C(=O)c2cccn(C)c2=O)C[C@H]1O. The van der Waals surface area contributed by atoms with E-state index in [1.165, 1.54) is 29.6 Å². The number of aryl methyl sites for hydroxylation is 1. The Morgan fingerprint density at radius 2 is 2.04 bits per heavy atom. The van der Waals surface area contributed by atoms with Gasteiger partial charge in [-0.3, -0.25) is 9.59 Å². The second-order valence-electron chi connectivity index (χ2n) is 5.94. The lowest BCUT2D eigenvalue weighted by molar-refractivity contribution is 0.0762. The number of rotatable bonds is 4. The summed E-state index contributed by atoms with van der Waals surface area (Å²) in [5.41, 5.74) is -0.408.